The first-order valence-electron chi connectivity index (χ1n) is 4.84. The van der Waals surface area contributed by atoms with Gasteiger partial charge < -0.3 is 9.66 Å². The Bertz CT molecular complexity index is 561. The number of aldehydes is 1. The van der Waals surface area contributed by atoms with Gasteiger partial charge in [-0.1, -0.05) is 26.5 Å². The van der Waals surface area contributed by atoms with E-state index in [0.29, 0.717) is 0 Å². The zero-order valence-electron chi connectivity index (χ0n) is 11.7. The molecule has 0 heterocycles. The molecule has 0 aliphatic carbocycles. The minimum Gasteiger partial charge on any atom is -0.872 e. The van der Waals surface area contributed by atoms with Crippen LogP contribution in [0.5, 0.6) is 5.75 Å². The second kappa shape index (κ2) is 7.56. The van der Waals surface area contributed by atoms with Crippen LogP contribution >= 0.6 is 0 Å². The van der Waals surface area contributed by atoms with Gasteiger partial charge >= 0.3 is 59.1 Å². The zero-order valence-corrected chi connectivity index (χ0v) is 16.5. The van der Waals surface area contributed by atoms with Crippen LogP contribution in [-0.2, 0) is 15.5 Å². The van der Waals surface area contributed by atoms with Crippen molar-refractivity contribution in [3.63, 3.8) is 0 Å². The van der Waals surface area contributed by atoms with E-state index in [1.807, 2.05) is 0 Å². The van der Waals surface area contributed by atoms with E-state index in [9.17, 15) is 22.9 Å². The predicted octanol–water partition coefficient (Wildman–Crippen LogP) is -5.22. The van der Waals surface area contributed by atoms with Crippen LogP contribution in [0.4, 0.5) is 0 Å². The Kier molecular flexibility index (Phi) is 8.71. The van der Waals surface area contributed by atoms with Crippen molar-refractivity contribution in [3.8, 4) is 5.75 Å². The normalized spacial score (nSPS) is 11.2. The quantitative estimate of drug-likeness (QED) is 0.309. The molecule has 0 saturated heterocycles. The fraction of sp³-hybridized carbons (Fsp3) is 0.364. The van der Waals surface area contributed by atoms with Gasteiger partial charge in [0.15, 0.2) is 0 Å². The number of hydrogen-bond acceptors (Lipinski definition) is 5. The fourth-order valence-electron chi connectivity index (χ4n) is 1.41. The average molecular weight is 302 g/mol. The monoisotopic (exact) mass is 302 g/mol. The maximum atomic E-state index is 11.8. The van der Waals surface area contributed by atoms with Crippen LogP contribution in [0.1, 0.15) is 36.7 Å². The summed E-state index contributed by atoms with van der Waals surface area (Å²) in [6.45, 7) is 5.08. The van der Waals surface area contributed by atoms with Gasteiger partial charge in [-0.05, 0) is 23.1 Å². The van der Waals surface area contributed by atoms with Crippen LogP contribution < -0.4 is 64.2 Å². The zero-order chi connectivity index (χ0) is 13.4. The van der Waals surface area contributed by atoms with Crippen LogP contribution in [-0.4, -0.2) is 19.3 Å². The summed E-state index contributed by atoms with van der Waals surface area (Å²) in [5.74, 6) is -0.542. The van der Waals surface area contributed by atoms with Crippen molar-refractivity contribution in [2.45, 2.75) is 31.1 Å². The van der Waals surface area contributed by atoms with Gasteiger partial charge in [-0.25, -0.2) is 8.42 Å². The fourth-order valence-corrected chi connectivity index (χ4v) is 1.95. The topological polar surface area (TPSA) is 97.3 Å². The molecular formula is C11H12Na2O5S. The molecule has 1 rings (SSSR count). The molecule has 0 N–H and O–H groups in total. The van der Waals surface area contributed by atoms with Gasteiger partial charge in [0.05, 0.1) is 4.90 Å². The molecule has 1 aromatic carbocycles. The van der Waals surface area contributed by atoms with Crippen molar-refractivity contribution in [2.75, 3.05) is 0 Å². The molecule has 19 heavy (non-hydrogen) atoms. The largest absolute Gasteiger partial charge is 1.00 e. The van der Waals surface area contributed by atoms with Crippen LogP contribution in [0.2, 0.25) is 0 Å². The molecule has 0 saturated carbocycles. The van der Waals surface area contributed by atoms with Gasteiger partial charge in [-0.3, -0.25) is 4.79 Å². The Morgan fingerprint density at radius 3 is 1.95 bits per heavy atom. The number of rotatable bonds is 2. The van der Waals surface area contributed by atoms with E-state index >= 15 is 0 Å². The van der Waals surface area contributed by atoms with Crippen LogP contribution in [0.3, 0.4) is 0 Å². The van der Waals surface area contributed by atoms with Crippen molar-refractivity contribution in [3.05, 3.63) is 23.3 Å². The number of carbonyl (C=O) groups excluding carboxylic acids is 1. The van der Waals surface area contributed by atoms with E-state index in [2.05, 4.69) is 0 Å². The third-order valence-electron chi connectivity index (χ3n) is 2.31. The Morgan fingerprint density at radius 1 is 1.16 bits per heavy atom. The second-order valence-corrected chi connectivity index (χ2v) is 6.09. The summed E-state index contributed by atoms with van der Waals surface area (Å²) in [6.07, 6.45) is 0.256. The Hall–Kier alpha value is 0.600. The number of carbonyl (C=O) groups is 1. The van der Waals surface area contributed by atoms with Crippen molar-refractivity contribution in [1.29, 1.82) is 0 Å². The maximum absolute atomic E-state index is 11.8. The van der Waals surface area contributed by atoms with E-state index in [-0.39, 0.29) is 76.5 Å². The summed E-state index contributed by atoms with van der Waals surface area (Å²) >= 11 is 0. The first-order chi connectivity index (χ1) is 7.57. The van der Waals surface area contributed by atoms with Gasteiger partial charge in [-0.15, -0.1) is 0 Å². The molecule has 94 valence electrons. The second-order valence-electron chi connectivity index (χ2n) is 4.71. The number of hydrogen-bond donors (Lipinski definition) is 0. The summed E-state index contributed by atoms with van der Waals surface area (Å²) in [5, 5.41) is 11.8. The van der Waals surface area contributed by atoms with E-state index in [4.69, 9.17) is 0 Å². The molecule has 0 amide bonds. The standard InChI is InChI=1S/C11H14O5S.2Na/c1-11(2,3)9-5-8(17(14,15)16)4-7(6-12)10(9)13;;/h4-6,13H,1-3H3,(H,14,15,16);;/q;2*+1/p-2. The molecule has 0 aliphatic rings. The van der Waals surface area contributed by atoms with E-state index in [1.165, 1.54) is 0 Å². The summed E-state index contributed by atoms with van der Waals surface area (Å²) < 4.78 is 32.8. The van der Waals surface area contributed by atoms with Gasteiger partial charge in [0, 0.05) is 5.56 Å². The first-order valence-corrected chi connectivity index (χ1v) is 6.25. The van der Waals surface area contributed by atoms with Gasteiger partial charge in [0.2, 0.25) is 0 Å². The molecular weight excluding hydrogens is 290 g/mol. The minimum atomic E-state index is -4.68. The van der Waals surface area contributed by atoms with E-state index in [0.717, 1.165) is 12.1 Å². The molecule has 8 heteroatoms. The summed E-state index contributed by atoms with van der Waals surface area (Å²) in [5.41, 5.74) is -0.821. The molecule has 0 aliphatic heterocycles. The maximum Gasteiger partial charge on any atom is 1.00 e. The molecule has 1 aromatic rings. The first kappa shape index (κ1) is 21.9. The molecule has 0 unspecified atom stereocenters. The Morgan fingerprint density at radius 2 is 1.63 bits per heavy atom. The smallest absolute Gasteiger partial charge is 0.872 e. The molecule has 0 spiro atoms. The molecule has 5 nitrogen and oxygen atoms in total. The van der Waals surface area contributed by atoms with Crippen molar-refractivity contribution in [1.82, 2.24) is 0 Å². The third kappa shape index (κ3) is 5.47. The van der Waals surface area contributed by atoms with Gasteiger partial charge in [0.1, 0.15) is 16.4 Å². The SMILES string of the molecule is CC(C)(C)c1cc(S(=O)(=O)[O-])cc(C=O)c1[O-].[Na+].[Na+]. The van der Waals surface area contributed by atoms with Crippen LogP contribution in [0, 0.1) is 0 Å². The summed E-state index contributed by atoms with van der Waals surface area (Å²) in [4.78, 5) is 10.1. The van der Waals surface area contributed by atoms with Crippen molar-refractivity contribution < 1.29 is 82.0 Å². The van der Waals surface area contributed by atoms with E-state index in [1.54, 1.807) is 20.8 Å². The van der Waals surface area contributed by atoms with Gasteiger partial charge in [-0.2, -0.15) is 0 Å². The number of benzene rings is 1. The Balaban J connectivity index is 0. The van der Waals surface area contributed by atoms with Crippen molar-refractivity contribution >= 4 is 16.4 Å². The predicted molar refractivity (Wildman–Crippen MR) is 57.9 cm³/mol. The summed E-state index contributed by atoms with van der Waals surface area (Å²) in [6, 6.07) is 1.85. The molecule has 0 radical (unpaired) electrons. The average Bonchev–Trinajstić information content (AvgIpc) is 2.14. The molecule has 0 aromatic heterocycles. The molecule has 0 atom stereocenters. The van der Waals surface area contributed by atoms with E-state index < -0.39 is 26.2 Å². The summed E-state index contributed by atoms with van der Waals surface area (Å²) in [7, 11) is -4.68. The van der Waals surface area contributed by atoms with Gasteiger partial charge in [0.25, 0.3) is 0 Å². The Labute approximate surface area is 157 Å². The molecule has 0 bridgehead atoms. The van der Waals surface area contributed by atoms with Crippen LogP contribution in [0.15, 0.2) is 17.0 Å². The minimum absolute atomic E-state index is 0. The van der Waals surface area contributed by atoms with Crippen molar-refractivity contribution in [2.24, 2.45) is 0 Å². The molecule has 0 fully saturated rings. The third-order valence-corrected chi connectivity index (χ3v) is 3.13. The van der Waals surface area contributed by atoms with Crippen LogP contribution in [0.25, 0.3) is 0 Å².